The largest absolute Gasteiger partial charge is 0.491 e. The Morgan fingerprint density at radius 3 is 2.68 bits per heavy atom. The van der Waals surface area contributed by atoms with Crippen molar-refractivity contribution in [3.05, 3.63) is 29.8 Å². The van der Waals surface area contributed by atoms with E-state index in [1.54, 1.807) is 0 Å². The fraction of sp³-hybridized carbons (Fsp3) is 0.625. The zero-order chi connectivity index (χ0) is 13.9. The molecule has 1 aromatic rings. The Morgan fingerprint density at radius 1 is 1.37 bits per heavy atom. The molecule has 0 radical (unpaired) electrons. The minimum atomic E-state index is -0.474. The molecular formula is C16H25NO2. The third-order valence-corrected chi connectivity index (χ3v) is 3.92. The van der Waals surface area contributed by atoms with Gasteiger partial charge in [-0.25, -0.2) is 0 Å². The summed E-state index contributed by atoms with van der Waals surface area (Å²) in [6, 6.07) is 7.88. The zero-order valence-corrected chi connectivity index (χ0v) is 12.1. The lowest BCUT2D eigenvalue weighted by Gasteiger charge is -2.27. The third-order valence-electron chi connectivity index (χ3n) is 3.92. The van der Waals surface area contributed by atoms with Crippen molar-refractivity contribution in [3.8, 4) is 5.75 Å². The average Bonchev–Trinajstić information content (AvgIpc) is 3.20. The first-order valence-corrected chi connectivity index (χ1v) is 7.10. The minimum absolute atomic E-state index is 0.129. The van der Waals surface area contributed by atoms with E-state index in [0.717, 1.165) is 17.2 Å². The molecule has 0 aromatic heterocycles. The number of aryl methyl sites for hydroxylation is 1. The van der Waals surface area contributed by atoms with E-state index in [1.165, 1.54) is 12.8 Å². The maximum atomic E-state index is 9.98. The van der Waals surface area contributed by atoms with Crippen molar-refractivity contribution >= 4 is 0 Å². The quantitative estimate of drug-likeness (QED) is 0.794. The second kappa shape index (κ2) is 5.93. The molecule has 1 aromatic carbocycles. The fourth-order valence-corrected chi connectivity index (χ4v) is 2.29. The molecule has 1 saturated carbocycles. The van der Waals surface area contributed by atoms with Gasteiger partial charge in [-0.05, 0) is 51.2 Å². The van der Waals surface area contributed by atoms with E-state index in [1.807, 2.05) is 31.2 Å². The van der Waals surface area contributed by atoms with Crippen molar-refractivity contribution in [1.82, 2.24) is 5.32 Å². The predicted octanol–water partition coefficient (Wildman–Crippen LogP) is 2.51. The van der Waals surface area contributed by atoms with E-state index in [2.05, 4.69) is 19.2 Å². The van der Waals surface area contributed by atoms with Gasteiger partial charge in [-0.3, -0.25) is 0 Å². The molecule has 3 heteroatoms. The molecule has 3 nitrogen and oxygen atoms in total. The molecule has 1 atom stereocenters. The lowest BCUT2D eigenvalue weighted by Crippen LogP contribution is -2.46. The van der Waals surface area contributed by atoms with Crippen molar-refractivity contribution in [1.29, 1.82) is 0 Å². The number of para-hydroxylation sites is 1. The number of ether oxygens (including phenoxy) is 1. The number of rotatable bonds is 7. The van der Waals surface area contributed by atoms with Crippen molar-refractivity contribution in [2.45, 2.75) is 45.3 Å². The highest BCUT2D eigenvalue weighted by Gasteiger charge is 2.37. The molecule has 0 heterocycles. The lowest BCUT2D eigenvalue weighted by molar-refractivity contribution is 0.0967. The summed E-state index contributed by atoms with van der Waals surface area (Å²) in [5.74, 6) is 1.61. The van der Waals surface area contributed by atoms with Crippen LogP contribution in [0.25, 0.3) is 0 Å². The second-order valence-corrected chi connectivity index (χ2v) is 6.11. The van der Waals surface area contributed by atoms with Gasteiger partial charge in [-0.15, -0.1) is 0 Å². The van der Waals surface area contributed by atoms with Gasteiger partial charge < -0.3 is 15.2 Å². The van der Waals surface area contributed by atoms with Crippen LogP contribution in [0.5, 0.6) is 5.75 Å². The molecular weight excluding hydrogens is 238 g/mol. The molecule has 1 aliphatic carbocycles. The highest BCUT2D eigenvalue weighted by molar-refractivity contribution is 5.31. The van der Waals surface area contributed by atoms with Crippen molar-refractivity contribution in [2.75, 3.05) is 13.2 Å². The van der Waals surface area contributed by atoms with Gasteiger partial charge in [-0.2, -0.15) is 0 Å². The van der Waals surface area contributed by atoms with Crippen molar-refractivity contribution in [3.63, 3.8) is 0 Å². The normalized spacial score (nSPS) is 17.3. The molecule has 2 N–H and O–H groups in total. The number of nitrogens with one attached hydrogen (secondary N) is 1. The molecule has 1 aliphatic rings. The highest BCUT2D eigenvalue weighted by atomic mass is 16.5. The van der Waals surface area contributed by atoms with Gasteiger partial charge in [0.1, 0.15) is 18.5 Å². The maximum absolute atomic E-state index is 9.98. The summed E-state index contributed by atoms with van der Waals surface area (Å²) in [6.07, 6.45) is 2.13. The number of aliphatic hydroxyl groups is 1. The molecule has 106 valence electrons. The Kier molecular flexibility index (Phi) is 4.48. The molecule has 2 rings (SSSR count). The van der Waals surface area contributed by atoms with E-state index >= 15 is 0 Å². The van der Waals surface area contributed by atoms with E-state index in [-0.39, 0.29) is 5.54 Å². The van der Waals surface area contributed by atoms with Gasteiger partial charge in [0, 0.05) is 12.1 Å². The van der Waals surface area contributed by atoms with Crippen molar-refractivity contribution in [2.24, 2.45) is 5.92 Å². The molecule has 0 aliphatic heterocycles. The SMILES string of the molecule is Cc1ccccc1OCC(O)CNC(C)(C)C1CC1. The number of hydrogen-bond acceptors (Lipinski definition) is 3. The number of aliphatic hydroxyl groups excluding tert-OH is 1. The Hall–Kier alpha value is -1.06. The first-order valence-electron chi connectivity index (χ1n) is 7.10. The zero-order valence-electron chi connectivity index (χ0n) is 12.1. The molecule has 0 saturated heterocycles. The Balaban J connectivity index is 1.72. The van der Waals surface area contributed by atoms with Gasteiger partial charge >= 0.3 is 0 Å². The molecule has 0 amide bonds. The van der Waals surface area contributed by atoms with Gasteiger partial charge in [0.15, 0.2) is 0 Å². The number of β-amino-alcohol motifs (C(OH)–C–C–N with tert-alkyl or cyclic N) is 1. The van der Waals surface area contributed by atoms with Crippen LogP contribution in [0.4, 0.5) is 0 Å². The van der Waals surface area contributed by atoms with E-state index in [0.29, 0.717) is 13.2 Å². The molecule has 1 unspecified atom stereocenters. The third kappa shape index (κ3) is 4.22. The molecule has 0 bridgehead atoms. The molecule has 1 fully saturated rings. The predicted molar refractivity (Wildman–Crippen MR) is 77.5 cm³/mol. The van der Waals surface area contributed by atoms with Gasteiger partial charge in [-0.1, -0.05) is 18.2 Å². The van der Waals surface area contributed by atoms with Gasteiger partial charge in [0.05, 0.1) is 0 Å². The number of benzene rings is 1. The average molecular weight is 263 g/mol. The maximum Gasteiger partial charge on any atom is 0.122 e. The molecule has 0 spiro atoms. The van der Waals surface area contributed by atoms with Crippen LogP contribution >= 0.6 is 0 Å². The molecule has 19 heavy (non-hydrogen) atoms. The summed E-state index contributed by atoms with van der Waals surface area (Å²) < 4.78 is 5.65. The summed E-state index contributed by atoms with van der Waals surface area (Å²) in [7, 11) is 0. The topological polar surface area (TPSA) is 41.5 Å². The Labute approximate surface area is 116 Å². The smallest absolute Gasteiger partial charge is 0.122 e. The monoisotopic (exact) mass is 263 g/mol. The Bertz CT molecular complexity index is 413. The summed E-state index contributed by atoms with van der Waals surface area (Å²) in [5.41, 5.74) is 1.23. The van der Waals surface area contributed by atoms with Crippen LogP contribution in [0.1, 0.15) is 32.3 Å². The minimum Gasteiger partial charge on any atom is -0.491 e. The number of hydrogen-bond donors (Lipinski definition) is 2. The van der Waals surface area contributed by atoms with Gasteiger partial charge in [0.2, 0.25) is 0 Å². The first-order chi connectivity index (χ1) is 8.99. The fourth-order valence-electron chi connectivity index (χ4n) is 2.29. The second-order valence-electron chi connectivity index (χ2n) is 6.11. The van der Waals surface area contributed by atoms with Gasteiger partial charge in [0.25, 0.3) is 0 Å². The van der Waals surface area contributed by atoms with Crippen molar-refractivity contribution < 1.29 is 9.84 Å². The summed E-state index contributed by atoms with van der Waals surface area (Å²) in [4.78, 5) is 0. The summed E-state index contributed by atoms with van der Waals surface area (Å²) in [5, 5.41) is 13.4. The van der Waals surface area contributed by atoms with E-state index in [9.17, 15) is 5.11 Å². The summed E-state index contributed by atoms with van der Waals surface area (Å²) in [6.45, 7) is 7.34. The van der Waals surface area contributed by atoms with Crippen LogP contribution in [-0.2, 0) is 0 Å². The van der Waals surface area contributed by atoms with E-state index in [4.69, 9.17) is 4.74 Å². The highest BCUT2D eigenvalue weighted by Crippen LogP contribution is 2.39. The van der Waals surface area contributed by atoms with Crippen LogP contribution in [0.3, 0.4) is 0 Å². The van der Waals surface area contributed by atoms with Crippen LogP contribution in [0.15, 0.2) is 24.3 Å². The first kappa shape index (κ1) is 14.4. The lowest BCUT2D eigenvalue weighted by atomic mass is 9.98. The summed E-state index contributed by atoms with van der Waals surface area (Å²) >= 11 is 0. The standard InChI is InChI=1S/C16H25NO2/c1-12-6-4-5-7-15(12)19-11-14(18)10-17-16(2,3)13-8-9-13/h4-7,13-14,17-18H,8-11H2,1-3H3. The van der Waals surface area contributed by atoms with Crippen LogP contribution in [-0.4, -0.2) is 29.9 Å². The van der Waals surface area contributed by atoms with Crippen LogP contribution in [0.2, 0.25) is 0 Å². The Morgan fingerprint density at radius 2 is 2.05 bits per heavy atom. The van der Waals surface area contributed by atoms with Crippen LogP contribution < -0.4 is 10.1 Å². The van der Waals surface area contributed by atoms with Crippen LogP contribution in [0, 0.1) is 12.8 Å². The van der Waals surface area contributed by atoms with E-state index < -0.39 is 6.10 Å².